The monoisotopic (exact) mass is 457 g/mol. The van der Waals surface area contributed by atoms with Gasteiger partial charge in [0.05, 0.1) is 24.1 Å². The predicted molar refractivity (Wildman–Crippen MR) is 121 cm³/mol. The van der Waals surface area contributed by atoms with E-state index in [0.717, 1.165) is 5.56 Å². The van der Waals surface area contributed by atoms with E-state index in [0.29, 0.717) is 24.2 Å². The molecule has 7 nitrogen and oxygen atoms in total. The number of halogens is 1. The number of aryl methyl sites for hydroxylation is 2. The summed E-state index contributed by atoms with van der Waals surface area (Å²) in [5, 5.41) is 29.9. The predicted octanol–water partition coefficient (Wildman–Crippen LogP) is 3.86. The normalized spacial score (nSPS) is 11.8. The minimum absolute atomic E-state index is 0.0495. The van der Waals surface area contributed by atoms with Gasteiger partial charge >= 0.3 is 5.97 Å². The molecule has 32 heavy (non-hydrogen) atoms. The number of hydrogen-bond donors (Lipinski definition) is 3. The molecule has 0 aliphatic carbocycles. The Morgan fingerprint density at radius 3 is 2.38 bits per heavy atom. The number of nitrogens with zero attached hydrogens (tertiary/aromatic N) is 1. The molecule has 1 aromatic heterocycles. The van der Waals surface area contributed by atoms with Crippen molar-refractivity contribution in [1.82, 2.24) is 4.57 Å². The van der Waals surface area contributed by atoms with Crippen LogP contribution in [0.25, 0.3) is 0 Å². The van der Waals surface area contributed by atoms with Crippen LogP contribution in [0.1, 0.15) is 34.7 Å². The first-order valence-corrected chi connectivity index (χ1v) is 10.4. The molecule has 0 aliphatic heterocycles. The van der Waals surface area contributed by atoms with Gasteiger partial charge in [0.2, 0.25) is 0 Å². The van der Waals surface area contributed by atoms with Crippen molar-refractivity contribution >= 4 is 17.6 Å². The van der Waals surface area contributed by atoms with Gasteiger partial charge in [-0.15, -0.1) is 0 Å². The molecule has 3 N–H and O–H groups in total. The molecule has 168 valence electrons. The maximum atomic E-state index is 13.5. The van der Waals surface area contributed by atoms with Gasteiger partial charge in [-0.25, -0.2) is 0 Å². The van der Waals surface area contributed by atoms with Crippen LogP contribution in [0.2, 0.25) is 5.02 Å². The van der Waals surface area contributed by atoms with Crippen LogP contribution in [0.3, 0.4) is 0 Å². The number of phenolic OH excluding ortho intramolecular Hbond substituents is 2. The molecule has 1 unspecified atom stereocenters. The maximum absolute atomic E-state index is 13.5. The lowest BCUT2D eigenvalue weighted by atomic mass is 9.88. The molecule has 1 heterocycles. The summed E-state index contributed by atoms with van der Waals surface area (Å²) in [7, 11) is 1.24. The highest BCUT2D eigenvalue weighted by atomic mass is 35.5. The molecule has 0 saturated heterocycles. The summed E-state index contributed by atoms with van der Waals surface area (Å²) in [5.41, 5.74) is 1.60. The fraction of sp³-hybridized carbons (Fsp3) is 0.250. The van der Waals surface area contributed by atoms with Gasteiger partial charge in [0.1, 0.15) is 17.2 Å². The fourth-order valence-electron chi connectivity index (χ4n) is 3.65. The molecule has 2 aromatic carbocycles. The Labute approximate surface area is 190 Å². The van der Waals surface area contributed by atoms with Gasteiger partial charge in [-0.3, -0.25) is 9.59 Å². The second kappa shape index (κ2) is 9.78. The van der Waals surface area contributed by atoms with Gasteiger partial charge in [0.15, 0.2) is 0 Å². The third-order valence-electron chi connectivity index (χ3n) is 5.40. The molecule has 0 saturated carbocycles. The summed E-state index contributed by atoms with van der Waals surface area (Å²) in [5.74, 6) is -1.59. The van der Waals surface area contributed by atoms with E-state index < -0.39 is 17.4 Å². The van der Waals surface area contributed by atoms with Crippen molar-refractivity contribution in [3.05, 3.63) is 86.3 Å². The number of ether oxygens (including phenoxy) is 1. The standard InChI is InChI=1S/C24H24ClNO6/c1-14-11-21(29)23(24(31)26(14)10-9-15-3-6-17(27)7-4-15)18(13-22(30)32-2)16-5-8-20(28)19(25)12-16/h3-8,11-12,18,27-29H,9-10,13H2,1-2H3. The number of pyridine rings is 1. The summed E-state index contributed by atoms with van der Waals surface area (Å²) < 4.78 is 6.33. The zero-order valence-electron chi connectivity index (χ0n) is 17.7. The Bertz CT molecular complexity index is 1190. The molecular formula is C24H24ClNO6. The lowest BCUT2D eigenvalue weighted by Gasteiger charge is -2.21. The first-order chi connectivity index (χ1) is 15.2. The van der Waals surface area contributed by atoms with Gasteiger partial charge in [0, 0.05) is 18.2 Å². The smallest absolute Gasteiger partial charge is 0.306 e. The first kappa shape index (κ1) is 23.2. The first-order valence-electron chi connectivity index (χ1n) is 9.97. The van der Waals surface area contributed by atoms with Crippen molar-refractivity contribution in [3.8, 4) is 17.2 Å². The zero-order valence-corrected chi connectivity index (χ0v) is 18.5. The van der Waals surface area contributed by atoms with Crippen LogP contribution in [0.5, 0.6) is 17.2 Å². The van der Waals surface area contributed by atoms with Crippen molar-refractivity contribution in [3.63, 3.8) is 0 Å². The molecule has 0 bridgehead atoms. The number of esters is 1. The van der Waals surface area contributed by atoms with E-state index in [-0.39, 0.29) is 34.3 Å². The van der Waals surface area contributed by atoms with E-state index >= 15 is 0 Å². The van der Waals surface area contributed by atoms with Gasteiger partial charge in [-0.1, -0.05) is 29.8 Å². The van der Waals surface area contributed by atoms with Crippen molar-refractivity contribution < 1.29 is 24.9 Å². The third-order valence-corrected chi connectivity index (χ3v) is 5.71. The summed E-state index contributed by atoms with van der Waals surface area (Å²) in [6.07, 6.45) is 0.333. The van der Waals surface area contributed by atoms with E-state index in [4.69, 9.17) is 16.3 Å². The molecule has 3 rings (SSSR count). The average molecular weight is 458 g/mol. The van der Waals surface area contributed by atoms with Crippen molar-refractivity contribution in [2.45, 2.75) is 32.2 Å². The van der Waals surface area contributed by atoms with Gasteiger partial charge < -0.3 is 24.6 Å². The highest BCUT2D eigenvalue weighted by Crippen LogP contribution is 2.35. The maximum Gasteiger partial charge on any atom is 0.306 e. The number of aromatic hydroxyl groups is 3. The molecule has 0 fully saturated rings. The van der Waals surface area contributed by atoms with E-state index in [9.17, 15) is 24.9 Å². The van der Waals surface area contributed by atoms with Crippen LogP contribution >= 0.6 is 11.6 Å². The Balaban J connectivity index is 2.06. The number of benzene rings is 2. The number of hydrogen-bond acceptors (Lipinski definition) is 6. The lowest BCUT2D eigenvalue weighted by Crippen LogP contribution is -2.29. The summed E-state index contributed by atoms with van der Waals surface area (Å²) >= 11 is 6.05. The van der Waals surface area contributed by atoms with Gasteiger partial charge in [0.25, 0.3) is 5.56 Å². The minimum Gasteiger partial charge on any atom is -0.508 e. The Morgan fingerprint density at radius 2 is 1.75 bits per heavy atom. The van der Waals surface area contributed by atoms with Crippen molar-refractivity contribution in [2.24, 2.45) is 0 Å². The molecule has 0 amide bonds. The van der Waals surface area contributed by atoms with E-state index in [1.807, 2.05) is 0 Å². The molecule has 1 atom stereocenters. The average Bonchev–Trinajstić information content (AvgIpc) is 2.75. The number of phenols is 2. The number of carbonyl (C=O) groups excluding carboxylic acids is 1. The second-order valence-corrected chi connectivity index (χ2v) is 7.91. The Hall–Kier alpha value is -3.45. The van der Waals surface area contributed by atoms with Gasteiger partial charge in [-0.05, 0) is 54.8 Å². The van der Waals surface area contributed by atoms with E-state index in [1.54, 1.807) is 37.3 Å². The lowest BCUT2D eigenvalue weighted by molar-refractivity contribution is -0.140. The molecule has 0 aliphatic rings. The van der Waals surface area contributed by atoms with Crippen LogP contribution in [0.15, 0.2) is 53.3 Å². The largest absolute Gasteiger partial charge is 0.508 e. The number of aromatic nitrogens is 1. The highest BCUT2D eigenvalue weighted by molar-refractivity contribution is 6.32. The molecular weight excluding hydrogens is 434 g/mol. The quantitative estimate of drug-likeness (QED) is 0.465. The number of methoxy groups -OCH3 is 1. The number of rotatable bonds is 7. The van der Waals surface area contributed by atoms with E-state index in [2.05, 4.69) is 0 Å². The molecule has 8 heteroatoms. The highest BCUT2D eigenvalue weighted by Gasteiger charge is 2.27. The minimum atomic E-state index is -0.825. The second-order valence-electron chi connectivity index (χ2n) is 7.50. The Morgan fingerprint density at radius 1 is 1.06 bits per heavy atom. The van der Waals surface area contributed by atoms with E-state index in [1.165, 1.54) is 29.9 Å². The summed E-state index contributed by atoms with van der Waals surface area (Å²) in [6.45, 7) is 2.05. The summed E-state index contributed by atoms with van der Waals surface area (Å²) in [4.78, 5) is 25.6. The van der Waals surface area contributed by atoms with Crippen LogP contribution in [0.4, 0.5) is 0 Å². The van der Waals surface area contributed by atoms with Crippen LogP contribution < -0.4 is 5.56 Å². The van der Waals surface area contributed by atoms with Crippen LogP contribution in [0, 0.1) is 6.92 Å². The molecule has 3 aromatic rings. The topological polar surface area (TPSA) is 109 Å². The van der Waals surface area contributed by atoms with Crippen LogP contribution in [-0.4, -0.2) is 33.0 Å². The molecule has 0 radical (unpaired) electrons. The zero-order chi connectivity index (χ0) is 23.4. The number of carbonyl (C=O) groups is 1. The van der Waals surface area contributed by atoms with Crippen LogP contribution in [-0.2, 0) is 22.5 Å². The van der Waals surface area contributed by atoms with Crippen molar-refractivity contribution in [1.29, 1.82) is 0 Å². The SMILES string of the molecule is COC(=O)CC(c1ccc(O)c(Cl)c1)c1c(O)cc(C)n(CCc2ccc(O)cc2)c1=O. The summed E-state index contributed by atoms with van der Waals surface area (Å²) in [6, 6.07) is 12.6. The Kier molecular flexibility index (Phi) is 7.10. The van der Waals surface area contributed by atoms with Crippen molar-refractivity contribution in [2.75, 3.05) is 7.11 Å². The third kappa shape index (κ3) is 5.06. The molecule has 0 spiro atoms. The van der Waals surface area contributed by atoms with Gasteiger partial charge in [-0.2, -0.15) is 0 Å². The fourth-order valence-corrected chi connectivity index (χ4v) is 3.84.